The lowest BCUT2D eigenvalue weighted by Gasteiger charge is -2.18. The van der Waals surface area contributed by atoms with Gasteiger partial charge in [-0.15, -0.1) is 0 Å². The van der Waals surface area contributed by atoms with Gasteiger partial charge in [-0.1, -0.05) is 30.3 Å². The molecule has 0 atom stereocenters. The second kappa shape index (κ2) is 8.15. The van der Waals surface area contributed by atoms with Crippen molar-refractivity contribution in [3.05, 3.63) is 79.5 Å². The molecule has 0 radical (unpaired) electrons. The predicted molar refractivity (Wildman–Crippen MR) is 118 cm³/mol. The quantitative estimate of drug-likeness (QED) is 0.310. The molecule has 4 aromatic rings. The van der Waals surface area contributed by atoms with Crippen LogP contribution in [0.2, 0.25) is 0 Å². The highest BCUT2D eigenvalue weighted by Gasteiger charge is 2.27. The minimum Gasteiger partial charge on any atom is -0.480 e. The number of halogens is 1. The molecule has 0 aliphatic carbocycles. The Morgan fingerprint density at radius 3 is 2.32 bits per heavy atom. The minimum absolute atomic E-state index is 0.00424. The highest BCUT2D eigenvalue weighted by molar-refractivity contribution is 9.10. The lowest BCUT2D eigenvalue weighted by molar-refractivity contribution is -0.384. The molecule has 0 unspecified atom stereocenters. The molecule has 4 rings (SSSR count). The van der Waals surface area contributed by atoms with Crippen molar-refractivity contribution in [2.24, 2.45) is 0 Å². The number of nitrogens with zero attached hydrogens (tertiary/aromatic N) is 4. The van der Waals surface area contributed by atoms with E-state index in [0.29, 0.717) is 10.2 Å². The molecular weight excluding hydrogens is 468 g/mol. The van der Waals surface area contributed by atoms with E-state index in [4.69, 9.17) is 9.47 Å². The minimum atomic E-state index is -0.493. The van der Waals surface area contributed by atoms with E-state index in [-0.39, 0.29) is 39.7 Å². The molecule has 2 heterocycles. The molecule has 2 aromatic carbocycles. The van der Waals surface area contributed by atoms with Crippen LogP contribution in [0.3, 0.4) is 0 Å². The number of fused-ring (bicyclic) bond motifs is 1. The maximum Gasteiger partial charge on any atom is 0.320 e. The van der Waals surface area contributed by atoms with Gasteiger partial charge in [-0.2, -0.15) is 9.97 Å². The third-order valence-corrected chi connectivity index (χ3v) is 5.41. The van der Waals surface area contributed by atoms with Crippen molar-refractivity contribution in [2.75, 3.05) is 14.2 Å². The zero-order valence-electron chi connectivity index (χ0n) is 16.4. The Morgan fingerprint density at radius 1 is 1.00 bits per heavy atom. The molecule has 0 amide bonds. The van der Waals surface area contributed by atoms with Crippen molar-refractivity contribution in [1.29, 1.82) is 0 Å². The third kappa shape index (κ3) is 3.40. The summed E-state index contributed by atoms with van der Waals surface area (Å²) in [5.74, 6) is 0.0337. The van der Waals surface area contributed by atoms with Crippen molar-refractivity contribution in [3.8, 4) is 28.8 Å². The summed E-state index contributed by atoms with van der Waals surface area (Å²) < 4.78 is 12.2. The number of hydrogen-bond acceptors (Lipinski definition) is 7. The SMILES string of the molecule is COc1nc(OC)c2c(=O)n(-c3ccccc3)c(-c3ccccc3[N+](=O)[O-])c(Br)c2n1. The van der Waals surface area contributed by atoms with Crippen LogP contribution in [0.15, 0.2) is 63.9 Å². The molecule has 0 N–H and O–H groups in total. The summed E-state index contributed by atoms with van der Waals surface area (Å²) in [6.07, 6.45) is 0. The van der Waals surface area contributed by atoms with Gasteiger partial charge in [0.2, 0.25) is 5.88 Å². The van der Waals surface area contributed by atoms with Gasteiger partial charge >= 0.3 is 6.01 Å². The topological polar surface area (TPSA) is 109 Å². The number of nitro groups is 1. The summed E-state index contributed by atoms with van der Waals surface area (Å²) in [6.45, 7) is 0. The fourth-order valence-corrected chi connectivity index (χ4v) is 4.01. The Hall–Kier alpha value is -3.79. The molecule has 9 nitrogen and oxygen atoms in total. The summed E-state index contributed by atoms with van der Waals surface area (Å²) in [7, 11) is 2.78. The molecule has 0 saturated carbocycles. The Labute approximate surface area is 184 Å². The number of aromatic nitrogens is 3. The van der Waals surface area contributed by atoms with Crippen molar-refractivity contribution < 1.29 is 14.4 Å². The molecule has 31 heavy (non-hydrogen) atoms. The van der Waals surface area contributed by atoms with Crippen LogP contribution in [0.25, 0.3) is 27.8 Å². The standard InChI is InChI=1S/C21H15BrN4O5/c1-30-19-15-17(23-21(24-19)31-2)16(22)18(13-10-6-7-11-14(13)26(28)29)25(20(15)27)12-8-4-3-5-9-12/h3-11H,1-2H3. The van der Waals surface area contributed by atoms with Crippen LogP contribution in [-0.4, -0.2) is 33.7 Å². The number of methoxy groups -OCH3 is 2. The Bertz CT molecular complexity index is 1370. The molecule has 0 saturated heterocycles. The van der Waals surface area contributed by atoms with Gasteiger partial charge in [0.1, 0.15) is 10.9 Å². The van der Waals surface area contributed by atoms with Gasteiger partial charge < -0.3 is 9.47 Å². The van der Waals surface area contributed by atoms with E-state index in [1.165, 1.54) is 24.9 Å². The first kappa shape index (κ1) is 20.5. The van der Waals surface area contributed by atoms with E-state index in [1.807, 2.05) is 6.07 Å². The van der Waals surface area contributed by atoms with Gasteiger partial charge in [-0.25, -0.2) is 0 Å². The van der Waals surface area contributed by atoms with Crippen molar-refractivity contribution >= 4 is 32.5 Å². The molecule has 0 spiro atoms. The van der Waals surface area contributed by atoms with Crippen molar-refractivity contribution in [1.82, 2.24) is 14.5 Å². The molecule has 0 aliphatic rings. The highest BCUT2D eigenvalue weighted by Crippen LogP contribution is 2.39. The molecule has 2 aromatic heterocycles. The zero-order valence-corrected chi connectivity index (χ0v) is 18.0. The van der Waals surface area contributed by atoms with Crippen LogP contribution < -0.4 is 15.0 Å². The smallest absolute Gasteiger partial charge is 0.320 e. The summed E-state index contributed by atoms with van der Waals surface area (Å²) in [4.78, 5) is 33.4. The van der Waals surface area contributed by atoms with Crippen molar-refractivity contribution in [2.45, 2.75) is 0 Å². The van der Waals surface area contributed by atoms with Gasteiger partial charge in [-0.05, 0) is 34.1 Å². The average molecular weight is 483 g/mol. The van der Waals surface area contributed by atoms with Gasteiger partial charge in [0.15, 0.2) is 0 Å². The maximum atomic E-state index is 13.7. The fourth-order valence-electron chi connectivity index (χ4n) is 3.33. The van der Waals surface area contributed by atoms with Crippen LogP contribution in [0.1, 0.15) is 0 Å². The van der Waals surface area contributed by atoms with Crippen LogP contribution in [0.5, 0.6) is 11.9 Å². The number of pyridine rings is 1. The van der Waals surface area contributed by atoms with E-state index >= 15 is 0 Å². The zero-order chi connectivity index (χ0) is 22.1. The summed E-state index contributed by atoms with van der Waals surface area (Å²) in [5.41, 5.74) is 0.615. The van der Waals surface area contributed by atoms with Gasteiger partial charge in [0.25, 0.3) is 11.2 Å². The Kier molecular flexibility index (Phi) is 5.38. The van der Waals surface area contributed by atoms with Gasteiger partial charge in [-0.3, -0.25) is 19.5 Å². The molecule has 156 valence electrons. The Morgan fingerprint density at radius 2 is 1.68 bits per heavy atom. The molecule has 0 aliphatic heterocycles. The second-order valence-electron chi connectivity index (χ2n) is 6.36. The van der Waals surface area contributed by atoms with Crippen molar-refractivity contribution in [3.63, 3.8) is 0 Å². The predicted octanol–water partition coefficient (Wildman–Crippen LogP) is 4.14. The Balaban J connectivity index is 2.26. The van der Waals surface area contributed by atoms with Crippen LogP contribution >= 0.6 is 15.9 Å². The number of ether oxygens (including phenoxy) is 2. The lowest BCUT2D eigenvalue weighted by Crippen LogP contribution is -2.23. The van der Waals surface area contributed by atoms with Crippen LogP contribution in [-0.2, 0) is 0 Å². The first-order valence-electron chi connectivity index (χ1n) is 9.01. The normalized spacial score (nSPS) is 10.8. The molecule has 0 bridgehead atoms. The van der Waals surface area contributed by atoms with E-state index in [1.54, 1.807) is 42.5 Å². The molecule has 10 heteroatoms. The van der Waals surface area contributed by atoms with E-state index in [0.717, 1.165) is 0 Å². The lowest BCUT2D eigenvalue weighted by atomic mass is 10.1. The first-order valence-corrected chi connectivity index (χ1v) is 9.80. The molecular formula is C21H15BrN4O5. The van der Waals surface area contributed by atoms with E-state index in [9.17, 15) is 14.9 Å². The summed E-state index contributed by atoms with van der Waals surface area (Å²) in [6, 6.07) is 15.0. The average Bonchev–Trinajstić information content (AvgIpc) is 2.80. The first-order chi connectivity index (χ1) is 15.0. The fraction of sp³-hybridized carbons (Fsp3) is 0.0952. The van der Waals surface area contributed by atoms with Crippen LogP contribution in [0, 0.1) is 10.1 Å². The monoisotopic (exact) mass is 482 g/mol. The molecule has 0 fully saturated rings. The van der Waals surface area contributed by atoms with Crippen LogP contribution in [0.4, 0.5) is 5.69 Å². The number of rotatable bonds is 5. The highest BCUT2D eigenvalue weighted by atomic mass is 79.9. The third-order valence-electron chi connectivity index (χ3n) is 4.66. The number of hydrogen-bond donors (Lipinski definition) is 0. The largest absolute Gasteiger partial charge is 0.480 e. The summed E-state index contributed by atoms with van der Waals surface area (Å²) >= 11 is 3.53. The van der Waals surface area contributed by atoms with Gasteiger partial charge in [0, 0.05) is 11.8 Å². The number of nitro benzene ring substituents is 1. The van der Waals surface area contributed by atoms with Gasteiger partial charge in [0.05, 0.1) is 34.9 Å². The van der Waals surface area contributed by atoms with E-state index in [2.05, 4.69) is 25.9 Å². The number of benzene rings is 2. The maximum absolute atomic E-state index is 13.7. The second-order valence-corrected chi connectivity index (χ2v) is 7.15. The number of para-hydroxylation sites is 2. The van der Waals surface area contributed by atoms with E-state index < -0.39 is 10.5 Å². The summed E-state index contributed by atoms with van der Waals surface area (Å²) in [5, 5.41) is 11.9.